The number of nitrogens with zero attached hydrogens (tertiary/aromatic N) is 2. The summed E-state index contributed by atoms with van der Waals surface area (Å²) >= 11 is 0. The van der Waals surface area contributed by atoms with Crippen LogP contribution in [0.25, 0.3) is 0 Å². The molecule has 1 atom stereocenters. The van der Waals surface area contributed by atoms with Gasteiger partial charge in [0.1, 0.15) is 23.0 Å². The largest absolute Gasteiger partial charge is 0.497 e. The fourth-order valence-corrected chi connectivity index (χ4v) is 4.08. The number of hydrogen-bond acceptors (Lipinski definition) is 6. The van der Waals surface area contributed by atoms with Gasteiger partial charge in [-0.15, -0.1) is 0 Å². The Hall–Kier alpha value is -3.77. The molecule has 1 aromatic heterocycles. The summed E-state index contributed by atoms with van der Waals surface area (Å²) in [4.78, 5) is 24.0. The molecule has 3 N–H and O–H groups in total. The van der Waals surface area contributed by atoms with E-state index in [0.29, 0.717) is 11.4 Å². The molecule has 0 aliphatic heterocycles. The minimum Gasteiger partial charge on any atom is -0.497 e. The molecular weight excluding hydrogens is 453 g/mol. The molecule has 0 fully saturated rings. The number of rotatable bonds is 9. The van der Waals surface area contributed by atoms with Gasteiger partial charge in [0.15, 0.2) is 0 Å². The van der Waals surface area contributed by atoms with Crippen LogP contribution in [0.15, 0.2) is 65.8 Å². The summed E-state index contributed by atoms with van der Waals surface area (Å²) in [6, 6.07) is 10.4. The molecule has 12 heteroatoms. The van der Waals surface area contributed by atoms with E-state index in [0.717, 1.165) is 12.1 Å². The van der Waals surface area contributed by atoms with Crippen LogP contribution in [0.2, 0.25) is 0 Å². The number of amides is 2. The topological polar surface area (TPSA) is 131 Å². The third kappa shape index (κ3) is 6.37. The first kappa shape index (κ1) is 23.9. The van der Waals surface area contributed by atoms with E-state index >= 15 is 0 Å². The summed E-state index contributed by atoms with van der Waals surface area (Å²) in [5.41, 5.74) is 0.839. The highest BCUT2D eigenvalue weighted by molar-refractivity contribution is 7.89. The van der Waals surface area contributed by atoms with Crippen LogP contribution in [0, 0.1) is 5.82 Å². The van der Waals surface area contributed by atoms with Crippen molar-refractivity contribution in [1.29, 1.82) is 0 Å². The first-order valence-corrected chi connectivity index (χ1v) is 11.2. The second kappa shape index (κ2) is 10.2. The number of carbonyl (C=O) groups is 2. The Morgan fingerprint density at radius 2 is 1.79 bits per heavy atom. The molecule has 2 aromatic carbocycles. The Balaban J connectivity index is 1.55. The van der Waals surface area contributed by atoms with Crippen molar-refractivity contribution in [3.63, 3.8) is 0 Å². The standard InChI is InChI=1S/C21H22FN5O5S/c1-14(26-33(30,31)19-6-4-3-5-18(19)22)21(29)25-16-11-23-27(12-16)13-20(28)24-15-7-9-17(32-2)10-8-15/h3-12,14,26H,13H2,1-2H3,(H,24,28)(H,25,29)/t14-/m0/s1. The normalized spacial score (nSPS) is 12.1. The summed E-state index contributed by atoms with van der Waals surface area (Å²) in [6.45, 7) is 1.21. The van der Waals surface area contributed by atoms with Crippen molar-refractivity contribution in [2.45, 2.75) is 24.4 Å². The Morgan fingerprint density at radius 3 is 2.45 bits per heavy atom. The predicted octanol–water partition coefficient (Wildman–Crippen LogP) is 1.97. The van der Waals surface area contributed by atoms with Crippen LogP contribution >= 0.6 is 0 Å². The van der Waals surface area contributed by atoms with Crippen LogP contribution in [0.1, 0.15) is 6.92 Å². The maximum Gasteiger partial charge on any atom is 0.246 e. The van der Waals surface area contributed by atoms with E-state index < -0.39 is 32.7 Å². The molecule has 174 valence electrons. The molecule has 0 radical (unpaired) electrons. The fraction of sp³-hybridized carbons (Fsp3) is 0.190. The Labute approximate surface area is 189 Å². The van der Waals surface area contributed by atoms with Gasteiger partial charge in [0.05, 0.1) is 25.0 Å². The average Bonchev–Trinajstić information content (AvgIpc) is 3.20. The summed E-state index contributed by atoms with van der Waals surface area (Å²) < 4.78 is 47.0. The zero-order valence-electron chi connectivity index (χ0n) is 17.8. The molecule has 10 nitrogen and oxygen atoms in total. The van der Waals surface area contributed by atoms with E-state index in [2.05, 4.69) is 20.5 Å². The molecule has 0 aliphatic rings. The molecule has 33 heavy (non-hydrogen) atoms. The number of sulfonamides is 1. The molecule has 1 heterocycles. The number of halogens is 1. The quantitative estimate of drug-likeness (QED) is 0.434. The molecule has 0 spiro atoms. The molecule has 3 aromatic rings. The number of aromatic nitrogens is 2. The molecule has 3 rings (SSSR count). The lowest BCUT2D eigenvalue weighted by atomic mass is 10.3. The zero-order chi connectivity index (χ0) is 24.0. The number of hydrogen-bond donors (Lipinski definition) is 3. The predicted molar refractivity (Wildman–Crippen MR) is 119 cm³/mol. The lowest BCUT2D eigenvalue weighted by Gasteiger charge is -2.14. The third-order valence-electron chi connectivity index (χ3n) is 4.43. The Morgan fingerprint density at radius 1 is 1.09 bits per heavy atom. The van der Waals surface area contributed by atoms with Gasteiger partial charge in [0.25, 0.3) is 0 Å². The number of ether oxygens (including phenoxy) is 1. The van der Waals surface area contributed by atoms with E-state index in [4.69, 9.17) is 4.74 Å². The van der Waals surface area contributed by atoms with Crippen LogP contribution in [0.5, 0.6) is 5.75 Å². The second-order valence-electron chi connectivity index (χ2n) is 6.97. The zero-order valence-corrected chi connectivity index (χ0v) is 18.6. The summed E-state index contributed by atoms with van der Waals surface area (Å²) in [7, 11) is -2.70. The summed E-state index contributed by atoms with van der Waals surface area (Å²) in [5, 5.41) is 9.21. The monoisotopic (exact) mass is 475 g/mol. The fourth-order valence-electron chi connectivity index (χ4n) is 2.80. The van der Waals surface area contributed by atoms with Crippen molar-refractivity contribution < 1.29 is 27.1 Å². The van der Waals surface area contributed by atoms with E-state index in [1.54, 1.807) is 31.4 Å². The summed E-state index contributed by atoms with van der Waals surface area (Å²) in [5.74, 6) is -1.29. The van der Waals surface area contributed by atoms with Gasteiger partial charge < -0.3 is 15.4 Å². The van der Waals surface area contributed by atoms with Crippen molar-refractivity contribution >= 4 is 33.2 Å². The minimum atomic E-state index is -4.24. The maximum atomic E-state index is 13.8. The van der Waals surface area contributed by atoms with E-state index in [1.807, 2.05) is 0 Å². The molecule has 0 unspecified atom stereocenters. The SMILES string of the molecule is COc1ccc(NC(=O)Cn2cc(NC(=O)[C@H](C)NS(=O)(=O)c3ccccc3F)cn2)cc1. The molecule has 0 saturated heterocycles. The first-order chi connectivity index (χ1) is 15.7. The van der Waals surface area contributed by atoms with Gasteiger partial charge in [0, 0.05) is 11.9 Å². The molecular formula is C21H22FN5O5S. The van der Waals surface area contributed by atoms with Crippen LogP contribution in [0.3, 0.4) is 0 Å². The van der Waals surface area contributed by atoms with Crippen molar-refractivity contribution in [2.75, 3.05) is 17.7 Å². The van der Waals surface area contributed by atoms with Crippen molar-refractivity contribution in [2.24, 2.45) is 0 Å². The highest BCUT2D eigenvalue weighted by Crippen LogP contribution is 2.16. The molecule has 0 bridgehead atoms. The summed E-state index contributed by atoms with van der Waals surface area (Å²) in [6.07, 6.45) is 2.74. The number of benzene rings is 2. The number of nitrogens with one attached hydrogen (secondary N) is 3. The molecule has 2 amide bonds. The third-order valence-corrected chi connectivity index (χ3v) is 6.01. The van der Waals surface area contributed by atoms with Gasteiger partial charge in [-0.05, 0) is 43.3 Å². The number of methoxy groups -OCH3 is 1. The van der Waals surface area contributed by atoms with Gasteiger partial charge in [-0.1, -0.05) is 12.1 Å². The van der Waals surface area contributed by atoms with Crippen molar-refractivity contribution in [3.05, 3.63) is 66.7 Å². The highest BCUT2D eigenvalue weighted by Gasteiger charge is 2.24. The second-order valence-corrected chi connectivity index (χ2v) is 8.65. The van der Waals surface area contributed by atoms with Crippen molar-refractivity contribution in [3.8, 4) is 5.75 Å². The average molecular weight is 476 g/mol. The number of carbonyl (C=O) groups excluding carboxylic acids is 2. The molecule has 0 saturated carbocycles. The van der Waals surface area contributed by atoms with Gasteiger partial charge in [-0.25, -0.2) is 12.8 Å². The smallest absolute Gasteiger partial charge is 0.246 e. The molecule has 0 aliphatic carbocycles. The maximum absolute atomic E-state index is 13.8. The lowest BCUT2D eigenvalue weighted by molar-refractivity contribution is -0.117. The highest BCUT2D eigenvalue weighted by atomic mass is 32.2. The van der Waals surface area contributed by atoms with Crippen molar-refractivity contribution in [1.82, 2.24) is 14.5 Å². The van der Waals surface area contributed by atoms with E-state index in [9.17, 15) is 22.4 Å². The lowest BCUT2D eigenvalue weighted by Crippen LogP contribution is -2.41. The van der Waals surface area contributed by atoms with E-state index in [-0.39, 0.29) is 18.1 Å². The van der Waals surface area contributed by atoms with Gasteiger partial charge in [-0.2, -0.15) is 9.82 Å². The van der Waals surface area contributed by atoms with Crippen LogP contribution in [-0.4, -0.2) is 43.2 Å². The van der Waals surface area contributed by atoms with Gasteiger partial charge in [-0.3, -0.25) is 14.3 Å². The Kier molecular flexibility index (Phi) is 7.41. The minimum absolute atomic E-state index is 0.114. The van der Waals surface area contributed by atoms with Crippen LogP contribution in [-0.2, 0) is 26.2 Å². The number of anilines is 2. The Bertz CT molecular complexity index is 1240. The van der Waals surface area contributed by atoms with Crippen LogP contribution in [0.4, 0.5) is 15.8 Å². The van der Waals surface area contributed by atoms with Gasteiger partial charge >= 0.3 is 0 Å². The van der Waals surface area contributed by atoms with E-state index in [1.165, 1.54) is 36.1 Å². The van der Waals surface area contributed by atoms with Gasteiger partial charge in [0.2, 0.25) is 21.8 Å². The first-order valence-electron chi connectivity index (χ1n) is 9.72. The van der Waals surface area contributed by atoms with Crippen LogP contribution < -0.4 is 20.1 Å².